The highest BCUT2D eigenvalue weighted by Crippen LogP contribution is 2.30. The molecule has 128 valence electrons. The first kappa shape index (κ1) is 16.5. The van der Waals surface area contributed by atoms with Gasteiger partial charge in [0.25, 0.3) is 0 Å². The number of nitrogens with two attached hydrogens (primary N) is 1. The van der Waals surface area contributed by atoms with Gasteiger partial charge in [0.05, 0.1) is 18.9 Å². The molecule has 0 aromatic carbocycles. The maximum Gasteiger partial charge on any atom is 0.143 e. The Labute approximate surface area is 141 Å². The summed E-state index contributed by atoms with van der Waals surface area (Å²) in [5.74, 6) is 2.39. The van der Waals surface area contributed by atoms with Gasteiger partial charge in [0.1, 0.15) is 30.0 Å². The second-order valence-electron chi connectivity index (χ2n) is 5.72. The normalized spacial score (nSPS) is 20.1. The summed E-state index contributed by atoms with van der Waals surface area (Å²) in [5.41, 5.74) is 6.64. The number of nitrogens with one attached hydrogen (secondary N) is 1. The first-order chi connectivity index (χ1) is 11.7. The molecule has 1 saturated heterocycles. The monoisotopic (exact) mass is 329 g/mol. The maximum atomic E-state index is 5.97. The number of furan rings is 1. The van der Waals surface area contributed by atoms with Gasteiger partial charge < -0.3 is 25.1 Å². The van der Waals surface area contributed by atoms with Crippen LogP contribution in [0.25, 0.3) is 0 Å². The Morgan fingerprint density at radius 1 is 1.46 bits per heavy atom. The molecule has 2 unspecified atom stereocenters. The van der Waals surface area contributed by atoms with Crippen molar-refractivity contribution < 1.29 is 9.15 Å². The van der Waals surface area contributed by atoms with Gasteiger partial charge in [-0.3, -0.25) is 0 Å². The number of hydrogen-bond acceptors (Lipinski definition) is 7. The molecule has 0 spiro atoms. The summed E-state index contributed by atoms with van der Waals surface area (Å²) in [6.07, 6.45) is 6.78. The predicted molar refractivity (Wildman–Crippen MR) is 92.4 cm³/mol. The maximum absolute atomic E-state index is 5.97. The van der Waals surface area contributed by atoms with Crippen LogP contribution < -0.4 is 16.0 Å². The van der Waals surface area contributed by atoms with Crippen molar-refractivity contribution in [3.05, 3.63) is 48.8 Å². The Bertz CT molecular complexity index is 674. The van der Waals surface area contributed by atoms with Crippen LogP contribution in [-0.4, -0.2) is 28.8 Å². The van der Waals surface area contributed by atoms with Crippen LogP contribution in [0.15, 0.2) is 41.9 Å². The molecule has 3 rings (SSSR count). The molecule has 2 aromatic heterocycles. The zero-order valence-electron chi connectivity index (χ0n) is 13.8. The van der Waals surface area contributed by atoms with E-state index in [1.165, 1.54) is 0 Å². The van der Waals surface area contributed by atoms with Crippen molar-refractivity contribution in [1.29, 1.82) is 0 Å². The lowest BCUT2D eigenvalue weighted by Gasteiger charge is -2.27. The highest BCUT2D eigenvalue weighted by molar-refractivity contribution is 5.59. The molecule has 1 aliphatic heterocycles. The molecule has 0 aliphatic carbocycles. The van der Waals surface area contributed by atoms with E-state index in [1.54, 1.807) is 18.8 Å². The molecule has 0 bridgehead atoms. The topological polar surface area (TPSA) is 89.4 Å². The van der Waals surface area contributed by atoms with E-state index in [9.17, 15) is 0 Å². The number of nitrogens with zero attached hydrogens (tertiary/aromatic N) is 3. The van der Waals surface area contributed by atoms with Crippen molar-refractivity contribution in [1.82, 2.24) is 9.97 Å². The van der Waals surface area contributed by atoms with Gasteiger partial charge in [-0.25, -0.2) is 9.97 Å². The third kappa shape index (κ3) is 3.42. The van der Waals surface area contributed by atoms with Gasteiger partial charge in [-0.15, -0.1) is 0 Å². The van der Waals surface area contributed by atoms with E-state index in [-0.39, 0.29) is 12.3 Å². The lowest BCUT2D eigenvalue weighted by Crippen LogP contribution is -2.33. The van der Waals surface area contributed by atoms with Crippen molar-refractivity contribution in [2.24, 2.45) is 5.73 Å². The second-order valence-corrected chi connectivity index (χ2v) is 5.72. The third-order valence-electron chi connectivity index (χ3n) is 4.17. The van der Waals surface area contributed by atoms with Gasteiger partial charge in [-0.1, -0.05) is 6.58 Å². The van der Waals surface area contributed by atoms with E-state index < -0.39 is 0 Å². The van der Waals surface area contributed by atoms with E-state index in [1.807, 2.05) is 24.0 Å². The van der Waals surface area contributed by atoms with Crippen molar-refractivity contribution in [3.8, 4) is 0 Å². The molecular weight excluding hydrogens is 306 g/mol. The Kier molecular flexibility index (Phi) is 5.12. The molecule has 1 aliphatic rings. The Balaban J connectivity index is 1.77. The fraction of sp³-hybridized carbons (Fsp3) is 0.412. The van der Waals surface area contributed by atoms with Crippen LogP contribution >= 0.6 is 0 Å². The fourth-order valence-corrected chi connectivity index (χ4v) is 2.87. The molecule has 3 N–H and O–H groups in total. The number of hydrogen-bond donors (Lipinski definition) is 2. The zero-order valence-corrected chi connectivity index (χ0v) is 13.8. The fourth-order valence-electron chi connectivity index (χ4n) is 2.87. The standard InChI is InChI=1S/C17H23N5O2/c1-3-22(15-7-6-13(9-18)24-15)17-12(2)16(20-11-21-17)19-10-14-5-4-8-23-14/h3-5,8,11,13,15H,1,6-7,9-10,18H2,2H3,(H,19,20,21). The summed E-state index contributed by atoms with van der Waals surface area (Å²) >= 11 is 0. The average molecular weight is 329 g/mol. The SMILES string of the molecule is C=CN(c1ncnc(NCc2ccco2)c1C)C1CCC(CN)O1. The smallest absolute Gasteiger partial charge is 0.143 e. The Morgan fingerprint density at radius 2 is 2.33 bits per heavy atom. The quantitative estimate of drug-likeness (QED) is 0.806. The van der Waals surface area contributed by atoms with Crippen molar-refractivity contribution in [2.75, 3.05) is 16.8 Å². The van der Waals surface area contributed by atoms with Crippen LogP contribution in [0.3, 0.4) is 0 Å². The average Bonchev–Trinajstić information content (AvgIpc) is 3.27. The van der Waals surface area contributed by atoms with Crippen LogP contribution in [0.1, 0.15) is 24.2 Å². The predicted octanol–water partition coefficient (Wildman–Crippen LogP) is 2.40. The minimum Gasteiger partial charge on any atom is -0.467 e. The van der Waals surface area contributed by atoms with Gasteiger partial charge in [-0.2, -0.15) is 0 Å². The van der Waals surface area contributed by atoms with Crippen LogP contribution in [0.4, 0.5) is 11.6 Å². The van der Waals surface area contributed by atoms with Crippen molar-refractivity contribution in [2.45, 2.75) is 38.6 Å². The van der Waals surface area contributed by atoms with Gasteiger partial charge >= 0.3 is 0 Å². The lowest BCUT2D eigenvalue weighted by molar-refractivity contribution is 0.0531. The highest BCUT2D eigenvalue weighted by Gasteiger charge is 2.30. The summed E-state index contributed by atoms with van der Waals surface area (Å²) in [7, 11) is 0. The van der Waals surface area contributed by atoms with Crippen LogP contribution in [0.5, 0.6) is 0 Å². The van der Waals surface area contributed by atoms with Crippen LogP contribution in [-0.2, 0) is 11.3 Å². The van der Waals surface area contributed by atoms with Gasteiger partial charge in [-0.05, 0) is 31.9 Å². The molecule has 0 saturated carbocycles. The molecule has 2 aromatic rings. The number of anilines is 2. The number of ether oxygens (including phenoxy) is 1. The minimum atomic E-state index is -0.0948. The summed E-state index contributed by atoms with van der Waals surface area (Å²) < 4.78 is 11.3. The van der Waals surface area contributed by atoms with Gasteiger partial charge in [0.15, 0.2) is 0 Å². The molecule has 7 nitrogen and oxygen atoms in total. The summed E-state index contributed by atoms with van der Waals surface area (Å²) in [4.78, 5) is 10.7. The summed E-state index contributed by atoms with van der Waals surface area (Å²) in [5, 5.41) is 3.28. The molecular formula is C17H23N5O2. The van der Waals surface area contributed by atoms with Crippen LogP contribution in [0.2, 0.25) is 0 Å². The van der Waals surface area contributed by atoms with E-state index in [0.717, 1.165) is 35.8 Å². The molecule has 1 fully saturated rings. The number of rotatable bonds is 7. The summed E-state index contributed by atoms with van der Waals surface area (Å²) in [6, 6.07) is 3.78. The third-order valence-corrected chi connectivity index (χ3v) is 4.17. The Hall–Kier alpha value is -2.38. The Morgan fingerprint density at radius 3 is 3.00 bits per heavy atom. The molecule has 7 heteroatoms. The lowest BCUT2D eigenvalue weighted by atomic mass is 10.2. The first-order valence-electron chi connectivity index (χ1n) is 8.07. The van der Waals surface area contributed by atoms with E-state index in [0.29, 0.717) is 13.1 Å². The van der Waals surface area contributed by atoms with Gasteiger partial charge in [0, 0.05) is 18.3 Å². The van der Waals surface area contributed by atoms with Crippen LogP contribution in [0, 0.1) is 6.92 Å². The first-order valence-corrected chi connectivity index (χ1v) is 8.07. The molecule has 24 heavy (non-hydrogen) atoms. The largest absolute Gasteiger partial charge is 0.467 e. The highest BCUT2D eigenvalue weighted by atomic mass is 16.5. The number of aromatic nitrogens is 2. The van der Waals surface area contributed by atoms with Crippen molar-refractivity contribution >= 4 is 11.6 Å². The molecule has 2 atom stereocenters. The molecule has 0 amide bonds. The molecule has 3 heterocycles. The zero-order chi connectivity index (χ0) is 16.9. The van der Waals surface area contributed by atoms with E-state index >= 15 is 0 Å². The minimum absolute atomic E-state index is 0.0936. The second kappa shape index (κ2) is 7.46. The van der Waals surface area contributed by atoms with E-state index in [4.69, 9.17) is 14.9 Å². The van der Waals surface area contributed by atoms with Crippen molar-refractivity contribution in [3.63, 3.8) is 0 Å². The van der Waals surface area contributed by atoms with E-state index in [2.05, 4.69) is 21.9 Å². The molecule has 0 radical (unpaired) electrons. The van der Waals surface area contributed by atoms with Gasteiger partial charge in [0.2, 0.25) is 0 Å². The summed E-state index contributed by atoms with van der Waals surface area (Å²) in [6.45, 7) is 6.98.